The van der Waals surface area contributed by atoms with E-state index >= 15 is 0 Å². The number of carbonyl (C=O) groups excluding carboxylic acids is 1. The third kappa shape index (κ3) is 5.35. The average molecular weight is 354 g/mol. The lowest BCUT2D eigenvalue weighted by Gasteiger charge is -2.21. The summed E-state index contributed by atoms with van der Waals surface area (Å²) in [4.78, 5) is 12.3. The van der Waals surface area contributed by atoms with Crippen LogP contribution in [-0.2, 0) is 10.2 Å². The van der Waals surface area contributed by atoms with Crippen LogP contribution in [0.25, 0.3) is 0 Å². The highest BCUT2D eigenvalue weighted by atomic mass is 16.5. The zero-order valence-corrected chi connectivity index (χ0v) is 16.8. The van der Waals surface area contributed by atoms with Crippen molar-refractivity contribution in [3.63, 3.8) is 0 Å². The highest BCUT2D eigenvalue weighted by Crippen LogP contribution is 2.26. The summed E-state index contributed by atoms with van der Waals surface area (Å²) in [6, 6.07) is 16.3. The number of amides is 1. The number of ether oxygens (including phenoxy) is 1. The number of carbonyl (C=O) groups is 1. The number of hydrogen-bond donors (Lipinski definition) is 1. The van der Waals surface area contributed by atoms with Crippen molar-refractivity contribution in [2.75, 3.05) is 6.61 Å². The molecule has 0 radical (unpaired) electrons. The van der Waals surface area contributed by atoms with Crippen molar-refractivity contribution in [2.45, 2.75) is 58.9 Å². The Morgan fingerprint density at radius 2 is 1.62 bits per heavy atom. The predicted octanol–water partition coefficient (Wildman–Crippen LogP) is 5.36. The van der Waals surface area contributed by atoms with Crippen LogP contribution in [0.3, 0.4) is 0 Å². The molecule has 26 heavy (non-hydrogen) atoms. The number of para-hydroxylation sites is 1. The van der Waals surface area contributed by atoms with Gasteiger partial charge in [-0.05, 0) is 41.0 Å². The number of benzene rings is 2. The van der Waals surface area contributed by atoms with Crippen LogP contribution in [0.4, 0.5) is 0 Å². The Labute approximate surface area is 157 Å². The van der Waals surface area contributed by atoms with E-state index in [2.05, 4.69) is 64.2 Å². The van der Waals surface area contributed by atoms with Gasteiger partial charge in [0.2, 0.25) is 0 Å². The summed E-state index contributed by atoms with van der Waals surface area (Å²) in [5.74, 6) is 1.02. The van der Waals surface area contributed by atoms with Gasteiger partial charge in [-0.15, -0.1) is 0 Å². The molecule has 0 heterocycles. The summed E-state index contributed by atoms with van der Waals surface area (Å²) >= 11 is 0. The highest BCUT2D eigenvalue weighted by Gasteiger charge is 2.15. The van der Waals surface area contributed by atoms with Crippen LogP contribution in [0.15, 0.2) is 48.5 Å². The molecule has 2 aromatic carbocycles. The van der Waals surface area contributed by atoms with Gasteiger partial charge < -0.3 is 10.1 Å². The summed E-state index contributed by atoms with van der Waals surface area (Å²) in [6.45, 7) is 12.8. The first-order valence-electron chi connectivity index (χ1n) is 9.30. The highest BCUT2D eigenvalue weighted by molar-refractivity contribution is 5.78. The molecule has 0 bridgehead atoms. The van der Waals surface area contributed by atoms with Crippen molar-refractivity contribution in [1.82, 2.24) is 5.32 Å². The monoisotopic (exact) mass is 353 g/mol. The minimum atomic E-state index is -0.115. The van der Waals surface area contributed by atoms with Crippen LogP contribution in [0, 0.1) is 0 Å². The molecule has 140 valence electrons. The first-order valence-corrected chi connectivity index (χ1v) is 9.30. The zero-order valence-electron chi connectivity index (χ0n) is 16.8. The molecule has 0 fully saturated rings. The van der Waals surface area contributed by atoms with E-state index < -0.39 is 0 Å². The normalized spacial score (nSPS) is 12.7. The van der Waals surface area contributed by atoms with Gasteiger partial charge in [0.05, 0.1) is 6.04 Å². The second-order valence-electron chi connectivity index (χ2n) is 8.14. The van der Waals surface area contributed by atoms with Crippen molar-refractivity contribution in [3.05, 3.63) is 65.2 Å². The Bertz CT molecular complexity index is 727. The Hall–Kier alpha value is -2.29. The Balaban J connectivity index is 1.93. The van der Waals surface area contributed by atoms with Crippen LogP contribution >= 0.6 is 0 Å². The lowest BCUT2D eigenvalue weighted by molar-refractivity contribution is -0.123. The lowest BCUT2D eigenvalue weighted by Crippen LogP contribution is -2.31. The van der Waals surface area contributed by atoms with Crippen molar-refractivity contribution >= 4 is 5.91 Å². The molecule has 0 saturated heterocycles. The molecule has 2 rings (SSSR count). The molecule has 1 N–H and O–H groups in total. The standard InChI is InChI=1S/C23H31NO2/c1-16(2)20-9-7-8-10-21(20)26-15-22(25)24-17(3)18-11-13-19(14-12-18)23(4,5)6/h7-14,16-17H,15H2,1-6H3,(H,24,25)/t17-/m1/s1. The number of rotatable bonds is 6. The fourth-order valence-corrected chi connectivity index (χ4v) is 2.87. The fraction of sp³-hybridized carbons (Fsp3) is 0.435. The van der Waals surface area contributed by atoms with E-state index in [9.17, 15) is 4.79 Å². The molecule has 0 aromatic heterocycles. The van der Waals surface area contributed by atoms with E-state index in [1.54, 1.807) is 0 Å². The van der Waals surface area contributed by atoms with Crippen LogP contribution in [0.1, 0.15) is 70.2 Å². The summed E-state index contributed by atoms with van der Waals surface area (Å²) in [7, 11) is 0. The molecule has 0 saturated carbocycles. The first kappa shape index (κ1) is 20.0. The second-order valence-corrected chi connectivity index (χ2v) is 8.14. The molecule has 1 atom stereocenters. The van der Waals surface area contributed by atoms with Crippen molar-refractivity contribution in [3.8, 4) is 5.75 Å². The Morgan fingerprint density at radius 1 is 1.00 bits per heavy atom. The summed E-state index contributed by atoms with van der Waals surface area (Å²) < 4.78 is 5.75. The third-order valence-corrected chi connectivity index (χ3v) is 4.55. The van der Waals surface area contributed by atoms with E-state index in [1.165, 1.54) is 5.56 Å². The molecular formula is C23H31NO2. The van der Waals surface area contributed by atoms with Gasteiger partial charge in [0.15, 0.2) is 6.61 Å². The maximum Gasteiger partial charge on any atom is 0.258 e. The van der Waals surface area contributed by atoms with Crippen LogP contribution in [-0.4, -0.2) is 12.5 Å². The molecule has 2 aromatic rings. The molecule has 3 heteroatoms. The summed E-state index contributed by atoms with van der Waals surface area (Å²) in [5.41, 5.74) is 3.62. The maximum absolute atomic E-state index is 12.3. The minimum Gasteiger partial charge on any atom is -0.483 e. The van der Waals surface area contributed by atoms with Crippen LogP contribution in [0.2, 0.25) is 0 Å². The van der Waals surface area contributed by atoms with Gasteiger partial charge in [0, 0.05) is 0 Å². The topological polar surface area (TPSA) is 38.3 Å². The lowest BCUT2D eigenvalue weighted by atomic mass is 9.86. The maximum atomic E-state index is 12.3. The van der Waals surface area contributed by atoms with Crippen molar-refractivity contribution < 1.29 is 9.53 Å². The van der Waals surface area contributed by atoms with Gasteiger partial charge in [-0.25, -0.2) is 0 Å². The zero-order chi connectivity index (χ0) is 19.3. The molecule has 3 nitrogen and oxygen atoms in total. The smallest absolute Gasteiger partial charge is 0.258 e. The molecule has 0 aliphatic heterocycles. The second kappa shape index (κ2) is 8.39. The molecular weight excluding hydrogens is 322 g/mol. The SMILES string of the molecule is CC(C)c1ccccc1OCC(=O)N[C@H](C)c1ccc(C(C)(C)C)cc1. The van der Waals surface area contributed by atoms with E-state index in [4.69, 9.17) is 4.74 Å². The van der Waals surface area contributed by atoms with Crippen molar-refractivity contribution in [1.29, 1.82) is 0 Å². The summed E-state index contributed by atoms with van der Waals surface area (Å²) in [6.07, 6.45) is 0. The predicted molar refractivity (Wildman–Crippen MR) is 108 cm³/mol. The minimum absolute atomic E-state index is 0.0220. The van der Waals surface area contributed by atoms with E-state index in [0.717, 1.165) is 16.9 Å². The van der Waals surface area contributed by atoms with E-state index in [0.29, 0.717) is 5.92 Å². The Kier molecular flexibility index (Phi) is 6.47. The van der Waals surface area contributed by atoms with Gasteiger partial charge in [-0.3, -0.25) is 4.79 Å². The van der Waals surface area contributed by atoms with Crippen molar-refractivity contribution in [2.24, 2.45) is 0 Å². The average Bonchev–Trinajstić information content (AvgIpc) is 2.59. The van der Waals surface area contributed by atoms with E-state index in [-0.39, 0.29) is 24.0 Å². The number of nitrogens with one attached hydrogen (secondary N) is 1. The molecule has 0 aliphatic carbocycles. The molecule has 1 amide bonds. The van der Waals surface area contributed by atoms with Gasteiger partial charge in [0.25, 0.3) is 5.91 Å². The van der Waals surface area contributed by atoms with Gasteiger partial charge >= 0.3 is 0 Å². The van der Waals surface area contributed by atoms with Gasteiger partial charge in [0.1, 0.15) is 5.75 Å². The van der Waals surface area contributed by atoms with Crippen LogP contribution in [0.5, 0.6) is 5.75 Å². The molecule has 0 aliphatic rings. The molecule has 0 unspecified atom stereocenters. The van der Waals surface area contributed by atoms with E-state index in [1.807, 2.05) is 31.2 Å². The van der Waals surface area contributed by atoms with Crippen LogP contribution < -0.4 is 10.1 Å². The first-order chi connectivity index (χ1) is 12.2. The van der Waals surface area contributed by atoms with Gasteiger partial charge in [-0.1, -0.05) is 77.1 Å². The third-order valence-electron chi connectivity index (χ3n) is 4.55. The quantitative estimate of drug-likeness (QED) is 0.759. The fourth-order valence-electron chi connectivity index (χ4n) is 2.87. The van der Waals surface area contributed by atoms with Gasteiger partial charge in [-0.2, -0.15) is 0 Å². The molecule has 0 spiro atoms. The largest absolute Gasteiger partial charge is 0.483 e. The number of hydrogen-bond acceptors (Lipinski definition) is 2. The summed E-state index contributed by atoms with van der Waals surface area (Å²) in [5, 5.41) is 3.01. The Morgan fingerprint density at radius 3 is 2.19 bits per heavy atom.